The van der Waals surface area contributed by atoms with Gasteiger partial charge >= 0.3 is 0 Å². The highest BCUT2D eigenvalue weighted by Gasteiger charge is 2.23. The monoisotopic (exact) mass is 255 g/mol. The Balaban J connectivity index is 2.17. The smallest absolute Gasteiger partial charge is 0.0109 e. The Hall–Kier alpha value is -0.120. The highest BCUT2D eigenvalue weighted by atomic mass is 15.2. The summed E-state index contributed by atoms with van der Waals surface area (Å²) in [4.78, 5) is 5.15. The van der Waals surface area contributed by atoms with Crippen LogP contribution in [0.2, 0.25) is 0 Å². The van der Waals surface area contributed by atoms with E-state index in [-0.39, 0.29) is 5.54 Å². The van der Waals surface area contributed by atoms with E-state index in [0.717, 1.165) is 5.92 Å². The van der Waals surface area contributed by atoms with Crippen LogP contribution < -0.4 is 5.32 Å². The van der Waals surface area contributed by atoms with Gasteiger partial charge < -0.3 is 15.1 Å². The number of nitrogens with zero attached hydrogens (tertiary/aromatic N) is 2. The van der Waals surface area contributed by atoms with Gasteiger partial charge in [0, 0.05) is 25.2 Å². The molecule has 1 aliphatic heterocycles. The molecule has 18 heavy (non-hydrogen) atoms. The summed E-state index contributed by atoms with van der Waals surface area (Å²) in [6, 6.07) is 0. The SMILES string of the molecule is CCN(CC)CCN1CCC(CNC(C)(C)C)C1. The number of nitrogens with one attached hydrogen (secondary N) is 1. The molecule has 1 N–H and O–H groups in total. The molecule has 1 atom stereocenters. The molecule has 3 heteroatoms. The van der Waals surface area contributed by atoms with Crippen LogP contribution in [-0.2, 0) is 0 Å². The Kier molecular flexibility index (Phi) is 6.61. The molecule has 0 aromatic heterocycles. The Morgan fingerprint density at radius 2 is 1.89 bits per heavy atom. The number of rotatable bonds is 7. The summed E-state index contributed by atoms with van der Waals surface area (Å²) >= 11 is 0. The zero-order valence-corrected chi connectivity index (χ0v) is 13.1. The molecule has 1 heterocycles. The van der Waals surface area contributed by atoms with E-state index >= 15 is 0 Å². The van der Waals surface area contributed by atoms with Crippen LogP contribution in [0.25, 0.3) is 0 Å². The Bertz CT molecular complexity index is 218. The van der Waals surface area contributed by atoms with E-state index in [1.54, 1.807) is 0 Å². The summed E-state index contributed by atoms with van der Waals surface area (Å²) in [5, 5.41) is 3.63. The molecule has 0 radical (unpaired) electrons. The quantitative estimate of drug-likeness (QED) is 0.751. The van der Waals surface area contributed by atoms with Gasteiger partial charge in [0.05, 0.1) is 0 Å². The Morgan fingerprint density at radius 3 is 2.44 bits per heavy atom. The van der Waals surface area contributed by atoms with Crippen molar-refractivity contribution < 1.29 is 0 Å². The van der Waals surface area contributed by atoms with Crippen LogP contribution in [0.4, 0.5) is 0 Å². The van der Waals surface area contributed by atoms with Crippen molar-refractivity contribution in [1.82, 2.24) is 15.1 Å². The van der Waals surface area contributed by atoms with Crippen molar-refractivity contribution in [3.05, 3.63) is 0 Å². The van der Waals surface area contributed by atoms with Crippen molar-refractivity contribution in [2.24, 2.45) is 5.92 Å². The molecule has 0 aliphatic carbocycles. The topological polar surface area (TPSA) is 18.5 Å². The van der Waals surface area contributed by atoms with Gasteiger partial charge in [-0.05, 0) is 59.3 Å². The largest absolute Gasteiger partial charge is 0.312 e. The lowest BCUT2D eigenvalue weighted by molar-refractivity contribution is 0.235. The van der Waals surface area contributed by atoms with Gasteiger partial charge in [-0.2, -0.15) is 0 Å². The van der Waals surface area contributed by atoms with Gasteiger partial charge in [-0.15, -0.1) is 0 Å². The molecule has 3 nitrogen and oxygen atoms in total. The van der Waals surface area contributed by atoms with Gasteiger partial charge in [0.15, 0.2) is 0 Å². The second-order valence-electron chi connectivity index (χ2n) is 6.61. The van der Waals surface area contributed by atoms with Gasteiger partial charge in [0.25, 0.3) is 0 Å². The molecule has 108 valence electrons. The van der Waals surface area contributed by atoms with Crippen LogP contribution in [0, 0.1) is 5.92 Å². The van der Waals surface area contributed by atoms with E-state index in [4.69, 9.17) is 0 Å². The summed E-state index contributed by atoms with van der Waals surface area (Å²) in [5.41, 5.74) is 0.259. The molecular formula is C15H33N3. The second kappa shape index (κ2) is 7.46. The maximum Gasteiger partial charge on any atom is 0.0109 e. The first-order valence-electron chi connectivity index (χ1n) is 7.64. The van der Waals surface area contributed by atoms with E-state index < -0.39 is 0 Å². The zero-order valence-electron chi connectivity index (χ0n) is 13.1. The average molecular weight is 255 g/mol. The normalized spacial score (nSPS) is 22.0. The van der Waals surface area contributed by atoms with Crippen LogP contribution in [0.3, 0.4) is 0 Å². The van der Waals surface area contributed by atoms with E-state index in [1.807, 2.05) is 0 Å². The van der Waals surface area contributed by atoms with Gasteiger partial charge in [-0.1, -0.05) is 13.8 Å². The summed E-state index contributed by atoms with van der Waals surface area (Å²) in [6.07, 6.45) is 1.36. The molecule has 0 aromatic rings. The van der Waals surface area contributed by atoms with Gasteiger partial charge in [-0.3, -0.25) is 0 Å². The predicted molar refractivity (Wildman–Crippen MR) is 80.1 cm³/mol. The fraction of sp³-hybridized carbons (Fsp3) is 1.00. The van der Waals surface area contributed by atoms with Crippen LogP contribution in [-0.4, -0.2) is 61.2 Å². The second-order valence-corrected chi connectivity index (χ2v) is 6.61. The van der Waals surface area contributed by atoms with E-state index in [1.165, 1.54) is 52.2 Å². The molecule has 0 bridgehead atoms. The fourth-order valence-electron chi connectivity index (χ4n) is 2.56. The molecule has 0 aromatic carbocycles. The average Bonchev–Trinajstić information content (AvgIpc) is 2.75. The maximum atomic E-state index is 3.63. The number of hydrogen-bond donors (Lipinski definition) is 1. The molecule has 1 rings (SSSR count). The summed E-state index contributed by atoms with van der Waals surface area (Å²) < 4.78 is 0. The van der Waals surface area contributed by atoms with Crippen LogP contribution in [0.5, 0.6) is 0 Å². The zero-order chi connectivity index (χ0) is 13.6. The van der Waals surface area contributed by atoms with Crippen molar-refractivity contribution in [3.8, 4) is 0 Å². The van der Waals surface area contributed by atoms with Crippen molar-refractivity contribution in [1.29, 1.82) is 0 Å². The number of likely N-dealkylation sites (tertiary alicyclic amines) is 1. The van der Waals surface area contributed by atoms with E-state index in [9.17, 15) is 0 Å². The third-order valence-corrected chi connectivity index (χ3v) is 3.92. The first-order chi connectivity index (χ1) is 8.44. The van der Waals surface area contributed by atoms with Crippen molar-refractivity contribution >= 4 is 0 Å². The minimum atomic E-state index is 0.259. The molecular weight excluding hydrogens is 222 g/mol. The maximum absolute atomic E-state index is 3.63. The third kappa shape index (κ3) is 6.17. The van der Waals surface area contributed by atoms with Crippen LogP contribution in [0.15, 0.2) is 0 Å². The lowest BCUT2D eigenvalue weighted by atomic mass is 10.1. The molecule has 0 spiro atoms. The van der Waals surface area contributed by atoms with E-state index in [2.05, 4.69) is 49.7 Å². The third-order valence-electron chi connectivity index (χ3n) is 3.92. The first kappa shape index (κ1) is 15.9. The number of likely N-dealkylation sites (N-methyl/N-ethyl adjacent to an activating group) is 1. The number of hydrogen-bond acceptors (Lipinski definition) is 3. The summed E-state index contributed by atoms with van der Waals surface area (Å²) in [6.45, 7) is 19.8. The fourth-order valence-corrected chi connectivity index (χ4v) is 2.56. The molecule has 1 aliphatic rings. The molecule has 1 fully saturated rings. The lowest BCUT2D eigenvalue weighted by Gasteiger charge is -2.24. The van der Waals surface area contributed by atoms with Crippen molar-refractivity contribution in [3.63, 3.8) is 0 Å². The molecule has 0 amide bonds. The van der Waals surface area contributed by atoms with Gasteiger partial charge in [0.2, 0.25) is 0 Å². The predicted octanol–water partition coefficient (Wildman–Crippen LogP) is 2.04. The summed E-state index contributed by atoms with van der Waals surface area (Å²) in [5.74, 6) is 0.848. The van der Waals surface area contributed by atoms with E-state index in [0.29, 0.717) is 0 Å². The summed E-state index contributed by atoms with van der Waals surface area (Å²) in [7, 11) is 0. The standard InChI is InChI=1S/C15H33N3/c1-6-17(7-2)10-11-18-9-8-14(13-18)12-16-15(3,4)5/h14,16H,6-13H2,1-5H3. The minimum absolute atomic E-state index is 0.259. The molecule has 1 unspecified atom stereocenters. The van der Waals surface area contributed by atoms with Crippen LogP contribution in [0.1, 0.15) is 41.0 Å². The van der Waals surface area contributed by atoms with Gasteiger partial charge in [-0.25, -0.2) is 0 Å². The lowest BCUT2D eigenvalue weighted by Crippen LogP contribution is -2.40. The van der Waals surface area contributed by atoms with Crippen LogP contribution >= 0.6 is 0 Å². The van der Waals surface area contributed by atoms with Crippen molar-refractivity contribution in [2.45, 2.75) is 46.6 Å². The van der Waals surface area contributed by atoms with Crippen molar-refractivity contribution in [2.75, 3.05) is 45.8 Å². The minimum Gasteiger partial charge on any atom is -0.312 e. The molecule has 1 saturated heterocycles. The first-order valence-corrected chi connectivity index (χ1v) is 7.64. The molecule has 0 saturated carbocycles. The van der Waals surface area contributed by atoms with Gasteiger partial charge in [0.1, 0.15) is 0 Å². The Labute approximate surface area is 114 Å². The highest BCUT2D eigenvalue weighted by molar-refractivity contribution is 4.80. The highest BCUT2D eigenvalue weighted by Crippen LogP contribution is 2.16. The Morgan fingerprint density at radius 1 is 1.22 bits per heavy atom.